The fourth-order valence-electron chi connectivity index (χ4n) is 2.24. The maximum Gasteiger partial charge on any atom is 0.176 e. The Hall–Kier alpha value is -1.23. The number of aromatic nitrogens is 1. The van der Waals surface area contributed by atoms with Crippen LogP contribution in [-0.2, 0) is 7.05 Å². The van der Waals surface area contributed by atoms with Gasteiger partial charge in [0.25, 0.3) is 0 Å². The molecule has 0 aliphatic rings. The van der Waals surface area contributed by atoms with Gasteiger partial charge in [-0.1, -0.05) is 30.3 Å². The third-order valence-electron chi connectivity index (χ3n) is 2.97. The molecular weight excluding hydrogens is 197 g/mol. The van der Waals surface area contributed by atoms with Crippen LogP contribution in [0.4, 0.5) is 0 Å². The summed E-state index contributed by atoms with van der Waals surface area (Å²) in [4.78, 5) is 0. The van der Waals surface area contributed by atoms with E-state index in [2.05, 4.69) is 70.4 Å². The molecule has 15 heavy (non-hydrogen) atoms. The zero-order chi connectivity index (χ0) is 10.4. The van der Waals surface area contributed by atoms with Crippen molar-refractivity contribution in [2.24, 2.45) is 7.05 Å². The van der Waals surface area contributed by atoms with Crippen LogP contribution in [0, 0.1) is 0 Å². The van der Waals surface area contributed by atoms with E-state index in [1.807, 2.05) is 0 Å². The normalized spacial score (nSPS) is 11.3. The molecule has 2 radical (unpaired) electrons. The van der Waals surface area contributed by atoms with Crippen molar-refractivity contribution < 1.29 is 0 Å². The van der Waals surface area contributed by atoms with Gasteiger partial charge < -0.3 is 4.57 Å². The minimum absolute atomic E-state index is 1.27. The van der Waals surface area contributed by atoms with E-state index in [1.54, 1.807) is 0 Å². The summed E-state index contributed by atoms with van der Waals surface area (Å²) < 4.78 is 3.52. The molecule has 0 unspecified atom stereocenters. The van der Waals surface area contributed by atoms with Crippen LogP contribution in [0.25, 0.3) is 21.8 Å². The van der Waals surface area contributed by atoms with Crippen LogP contribution in [-0.4, -0.2) is 20.9 Å². The number of benzene rings is 2. The van der Waals surface area contributed by atoms with Crippen molar-refractivity contribution in [2.45, 2.75) is 0 Å². The fraction of sp³-hybridized carbons (Fsp3) is 0.0769. The molecule has 0 atom stereocenters. The van der Waals surface area contributed by atoms with Crippen LogP contribution < -0.4 is 4.43 Å². The van der Waals surface area contributed by atoms with E-state index in [9.17, 15) is 0 Å². The molecule has 0 fully saturated rings. The molecule has 0 saturated heterocycles. The van der Waals surface area contributed by atoms with Gasteiger partial charge in [-0.3, -0.25) is 0 Å². The lowest BCUT2D eigenvalue weighted by Crippen LogP contribution is -2.02. The van der Waals surface area contributed by atoms with Crippen molar-refractivity contribution in [2.75, 3.05) is 0 Å². The first-order valence-corrected chi connectivity index (χ1v) is 5.58. The molecule has 0 spiro atoms. The molecule has 0 amide bonds. The molecule has 0 N–H and O–H groups in total. The third kappa shape index (κ3) is 1.16. The zero-order valence-electron chi connectivity index (χ0n) is 8.57. The largest absolute Gasteiger partial charge is 0.344 e. The van der Waals surface area contributed by atoms with E-state index in [4.69, 9.17) is 0 Å². The van der Waals surface area contributed by atoms with Gasteiger partial charge in [-0.15, -0.1) is 4.43 Å². The molecule has 1 nitrogen and oxygen atoms in total. The molecule has 0 saturated carbocycles. The molecule has 3 rings (SSSR count). The van der Waals surface area contributed by atoms with Gasteiger partial charge >= 0.3 is 0 Å². The minimum Gasteiger partial charge on any atom is -0.344 e. The Morgan fingerprint density at radius 3 is 2.53 bits per heavy atom. The SMILES string of the molecule is Cn1c2ccccc2c2[c]([Al])cccc21. The van der Waals surface area contributed by atoms with E-state index >= 15 is 0 Å². The van der Waals surface area contributed by atoms with E-state index < -0.39 is 0 Å². The first kappa shape index (κ1) is 9.03. The Labute approximate surface area is 96.7 Å². The average molecular weight is 207 g/mol. The summed E-state index contributed by atoms with van der Waals surface area (Å²) in [5, 5.41) is 2.68. The second-order valence-corrected chi connectivity index (χ2v) is 4.44. The Morgan fingerprint density at radius 2 is 1.67 bits per heavy atom. The van der Waals surface area contributed by atoms with Crippen LogP contribution in [0.15, 0.2) is 42.5 Å². The summed E-state index contributed by atoms with van der Waals surface area (Å²) in [6.07, 6.45) is 0. The molecule has 3 aromatic rings. The molecule has 1 heterocycles. The predicted molar refractivity (Wildman–Crippen MR) is 65.8 cm³/mol. The first-order chi connectivity index (χ1) is 7.29. The Bertz CT molecular complexity index is 652. The monoisotopic (exact) mass is 207 g/mol. The molecule has 0 bridgehead atoms. The number of hydrogen-bond donors (Lipinski definition) is 0. The van der Waals surface area contributed by atoms with Crippen molar-refractivity contribution >= 4 is 42.5 Å². The average Bonchev–Trinajstić information content (AvgIpc) is 2.55. The molecule has 2 heteroatoms. The second-order valence-electron chi connectivity index (χ2n) is 3.82. The van der Waals surface area contributed by atoms with Gasteiger partial charge in [0.05, 0.1) is 0 Å². The maximum atomic E-state index is 2.82. The molecule has 1 aromatic heterocycles. The Kier molecular flexibility index (Phi) is 1.89. The van der Waals surface area contributed by atoms with Gasteiger partial charge in [0.1, 0.15) is 0 Å². The third-order valence-corrected chi connectivity index (χ3v) is 3.45. The van der Waals surface area contributed by atoms with Crippen LogP contribution in [0.2, 0.25) is 0 Å². The number of aryl methyl sites for hydroxylation is 1. The van der Waals surface area contributed by atoms with Crippen LogP contribution in [0.5, 0.6) is 0 Å². The van der Waals surface area contributed by atoms with E-state index in [0.717, 1.165) is 0 Å². The van der Waals surface area contributed by atoms with Crippen molar-refractivity contribution in [1.29, 1.82) is 0 Å². The summed E-state index contributed by atoms with van der Waals surface area (Å²) in [5.41, 5.74) is 2.59. The fourth-order valence-corrected chi connectivity index (χ4v) is 2.65. The highest BCUT2D eigenvalue weighted by Gasteiger charge is 2.07. The summed E-state index contributed by atoms with van der Waals surface area (Å²) in [6.45, 7) is 0. The Balaban J connectivity index is 2.70. The van der Waals surface area contributed by atoms with Gasteiger partial charge in [0.15, 0.2) is 16.3 Å². The lowest BCUT2D eigenvalue weighted by Gasteiger charge is -1.98. The van der Waals surface area contributed by atoms with Gasteiger partial charge in [0.2, 0.25) is 0 Å². The minimum atomic E-state index is 1.27. The van der Waals surface area contributed by atoms with Crippen molar-refractivity contribution in [1.82, 2.24) is 4.57 Å². The molecule has 70 valence electrons. The standard InChI is InChI=1S/C13H10N.Al/c1-14-12-8-4-2-6-10(12)11-7-3-5-9-13(11)14;/h2-6,8-9H,1H3;. The van der Waals surface area contributed by atoms with E-state index in [0.29, 0.717) is 0 Å². The zero-order valence-corrected chi connectivity index (χ0v) is 9.72. The molecule has 0 aliphatic heterocycles. The van der Waals surface area contributed by atoms with Crippen LogP contribution in [0.1, 0.15) is 0 Å². The Morgan fingerprint density at radius 1 is 0.933 bits per heavy atom. The lowest BCUT2D eigenvalue weighted by atomic mass is 10.1. The molecule has 2 aromatic carbocycles. The van der Waals surface area contributed by atoms with Crippen LogP contribution >= 0.6 is 0 Å². The summed E-state index contributed by atoms with van der Waals surface area (Å²) >= 11 is 2.82. The highest BCUT2D eigenvalue weighted by Crippen LogP contribution is 2.25. The summed E-state index contributed by atoms with van der Waals surface area (Å²) in [5.74, 6) is 0. The molecule has 0 aliphatic carbocycles. The number of fused-ring (bicyclic) bond motifs is 3. The number of para-hydroxylation sites is 1. The van der Waals surface area contributed by atoms with Gasteiger partial charge in [-0.25, -0.2) is 0 Å². The quantitative estimate of drug-likeness (QED) is 0.498. The second kappa shape index (κ2) is 3.13. The lowest BCUT2D eigenvalue weighted by molar-refractivity contribution is 1.01. The number of rotatable bonds is 0. The molecular formula is C13H10AlN. The predicted octanol–water partition coefficient (Wildman–Crippen LogP) is 2.13. The van der Waals surface area contributed by atoms with Gasteiger partial charge in [-0.2, -0.15) is 0 Å². The van der Waals surface area contributed by atoms with Gasteiger partial charge in [0, 0.05) is 23.5 Å². The number of hydrogen-bond acceptors (Lipinski definition) is 0. The number of nitrogens with zero attached hydrogens (tertiary/aromatic N) is 1. The summed E-state index contributed by atoms with van der Waals surface area (Å²) in [7, 11) is 2.12. The van der Waals surface area contributed by atoms with Crippen molar-refractivity contribution in [3.05, 3.63) is 42.5 Å². The van der Waals surface area contributed by atoms with Gasteiger partial charge in [-0.05, 0) is 17.5 Å². The van der Waals surface area contributed by atoms with Crippen LogP contribution in [0.3, 0.4) is 0 Å². The first-order valence-electron chi connectivity index (χ1n) is 5.00. The van der Waals surface area contributed by atoms with E-state index in [1.165, 1.54) is 26.2 Å². The van der Waals surface area contributed by atoms with E-state index in [-0.39, 0.29) is 0 Å². The highest BCUT2D eigenvalue weighted by molar-refractivity contribution is 6.41. The highest BCUT2D eigenvalue weighted by atomic mass is 27.0. The van der Waals surface area contributed by atoms with Crippen molar-refractivity contribution in [3.8, 4) is 0 Å². The topological polar surface area (TPSA) is 4.93 Å². The van der Waals surface area contributed by atoms with Crippen molar-refractivity contribution in [3.63, 3.8) is 0 Å². The smallest absolute Gasteiger partial charge is 0.176 e. The maximum absolute atomic E-state index is 2.82. The summed E-state index contributed by atoms with van der Waals surface area (Å²) in [6, 6.07) is 14.9.